The number of hydrogen-bond donors (Lipinski definition) is 0. The maximum Gasteiger partial charge on any atom is 0.270 e. The molecular weight excluding hydrogens is 196 g/mol. The predicted octanol–water partition coefficient (Wildman–Crippen LogP) is 1.78. The minimum Gasteiger partial charge on any atom is -0.298 e. The second-order valence-electron chi connectivity index (χ2n) is 3.03. The Morgan fingerprint density at radius 3 is 2.73 bits per heavy atom. The van der Waals surface area contributed by atoms with Crippen LogP contribution in [0.3, 0.4) is 0 Å². The second kappa shape index (κ2) is 4.33. The zero-order chi connectivity index (χ0) is 11.4. The van der Waals surface area contributed by atoms with E-state index in [1.54, 1.807) is 6.92 Å². The SMILES string of the molecule is Cc1c(C=O)cc([N+](=O)[O-])cc1CC#N. The highest BCUT2D eigenvalue weighted by molar-refractivity contribution is 5.79. The number of carbonyl (C=O) groups excluding carboxylic acids is 1. The molecule has 1 rings (SSSR count). The first-order valence-corrected chi connectivity index (χ1v) is 4.20. The van der Waals surface area contributed by atoms with Gasteiger partial charge in [0, 0.05) is 17.7 Å². The van der Waals surface area contributed by atoms with Crippen LogP contribution in [-0.4, -0.2) is 11.2 Å². The molecule has 0 radical (unpaired) electrons. The van der Waals surface area contributed by atoms with Gasteiger partial charge in [-0.1, -0.05) is 0 Å². The van der Waals surface area contributed by atoms with Gasteiger partial charge in [-0.15, -0.1) is 0 Å². The van der Waals surface area contributed by atoms with Crippen LogP contribution in [0.1, 0.15) is 21.5 Å². The molecule has 0 aliphatic heterocycles. The Morgan fingerprint density at radius 1 is 1.60 bits per heavy atom. The van der Waals surface area contributed by atoms with E-state index in [1.807, 2.05) is 6.07 Å². The third kappa shape index (κ3) is 2.17. The molecule has 5 nitrogen and oxygen atoms in total. The molecule has 0 saturated carbocycles. The van der Waals surface area contributed by atoms with Crippen LogP contribution in [0.4, 0.5) is 5.69 Å². The number of hydrogen-bond acceptors (Lipinski definition) is 4. The van der Waals surface area contributed by atoms with Crippen LogP contribution in [0.25, 0.3) is 0 Å². The molecule has 0 fully saturated rings. The summed E-state index contributed by atoms with van der Waals surface area (Å²) in [6, 6.07) is 4.44. The number of non-ortho nitro benzene ring substituents is 1. The molecule has 1 aromatic carbocycles. The lowest BCUT2D eigenvalue weighted by Crippen LogP contribution is -1.98. The molecule has 76 valence electrons. The molecule has 0 aliphatic carbocycles. The molecule has 0 amide bonds. The lowest BCUT2D eigenvalue weighted by Gasteiger charge is -2.04. The number of rotatable bonds is 3. The lowest BCUT2D eigenvalue weighted by molar-refractivity contribution is -0.384. The Morgan fingerprint density at radius 2 is 2.27 bits per heavy atom. The first kappa shape index (κ1) is 10.9. The highest BCUT2D eigenvalue weighted by Crippen LogP contribution is 2.21. The molecule has 0 atom stereocenters. The molecule has 0 spiro atoms. The third-order valence-corrected chi connectivity index (χ3v) is 2.15. The minimum atomic E-state index is -0.576. The molecule has 0 aromatic heterocycles. The summed E-state index contributed by atoms with van der Waals surface area (Å²) in [6.07, 6.45) is 0.623. The Labute approximate surface area is 86.1 Å². The smallest absolute Gasteiger partial charge is 0.270 e. The summed E-state index contributed by atoms with van der Waals surface area (Å²) < 4.78 is 0. The largest absolute Gasteiger partial charge is 0.298 e. The maximum absolute atomic E-state index is 10.7. The van der Waals surface area contributed by atoms with Gasteiger partial charge in [0.05, 0.1) is 17.4 Å². The van der Waals surface area contributed by atoms with E-state index in [9.17, 15) is 14.9 Å². The van der Waals surface area contributed by atoms with E-state index in [0.29, 0.717) is 17.4 Å². The molecule has 0 heterocycles. The second-order valence-corrected chi connectivity index (χ2v) is 3.03. The van der Waals surface area contributed by atoms with Gasteiger partial charge in [-0.25, -0.2) is 0 Å². The predicted molar refractivity (Wildman–Crippen MR) is 52.5 cm³/mol. The minimum absolute atomic E-state index is 0.0638. The standard InChI is InChI=1S/C10H8N2O3/c1-7-8(2-3-11)4-10(12(14)15)5-9(7)6-13/h4-6H,2H2,1H3. The molecule has 0 unspecified atom stereocenters. The highest BCUT2D eigenvalue weighted by atomic mass is 16.6. The first-order valence-electron chi connectivity index (χ1n) is 4.20. The van der Waals surface area contributed by atoms with Crippen molar-refractivity contribution in [2.24, 2.45) is 0 Å². The van der Waals surface area contributed by atoms with E-state index in [1.165, 1.54) is 12.1 Å². The van der Waals surface area contributed by atoms with Gasteiger partial charge in [-0.2, -0.15) is 5.26 Å². The fourth-order valence-electron chi connectivity index (χ4n) is 1.28. The van der Waals surface area contributed by atoms with Crippen molar-refractivity contribution < 1.29 is 9.72 Å². The highest BCUT2D eigenvalue weighted by Gasteiger charge is 2.13. The van der Waals surface area contributed by atoms with E-state index >= 15 is 0 Å². The quantitative estimate of drug-likeness (QED) is 0.426. The van der Waals surface area contributed by atoms with Crippen LogP contribution in [0, 0.1) is 28.4 Å². The van der Waals surface area contributed by atoms with Gasteiger partial charge >= 0.3 is 0 Å². The molecular formula is C10H8N2O3. The Kier molecular flexibility index (Phi) is 3.13. The molecule has 0 N–H and O–H groups in total. The zero-order valence-electron chi connectivity index (χ0n) is 8.06. The van der Waals surface area contributed by atoms with Crippen LogP contribution >= 0.6 is 0 Å². The van der Waals surface area contributed by atoms with Crippen molar-refractivity contribution >= 4 is 12.0 Å². The van der Waals surface area contributed by atoms with Crippen LogP contribution in [0.5, 0.6) is 0 Å². The van der Waals surface area contributed by atoms with Crippen molar-refractivity contribution in [1.29, 1.82) is 5.26 Å². The number of nitriles is 1. The fraction of sp³-hybridized carbons (Fsp3) is 0.200. The lowest BCUT2D eigenvalue weighted by atomic mass is 10.00. The van der Waals surface area contributed by atoms with Crippen molar-refractivity contribution in [3.05, 3.63) is 38.9 Å². The van der Waals surface area contributed by atoms with E-state index in [-0.39, 0.29) is 17.7 Å². The topological polar surface area (TPSA) is 84.0 Å². The molecule has 15 heavy (non-hydrogen) atoms. The zero-order valence-corrected chi connectivity index (χ0v) is 8.06. The van der Waals surface area contributed by atoms with Gasteiger partial charge in [0.25, 0.3) is 5.69 Å². The van der Waals surface area contributed by atoms with Crippen LogP contribution in [-0.2, 0) is 6.42 Å². The number of benzene rings is 1. The van der Waals surface area contributed by atoms with Crippen molar-refractivity contribution in [3.8, 4) is 6.07 Å². The first-order chi connectivity index (χ1) is 7.10. The number of nitro groups is 1. The van der Waals surface area contributed by atoms with Gasteiger partial charge in [0.2, 0.25) is 0 Å². The van der Waals surface area contributed by atoms with E-state index in [0.717, 1.165) is 0 Å². The Hall–Kier alpha value is -2.22. The normalized spacial score (nSPS) is 9.33. The molecule has 1 aromatic rings. The summed E-state index contributed by atoms with van der Waals surface area (Å²) in [6.45, 7) is 1.67. The van der Waals surface area contributed by atoms with Crippen molar-refractivity contribution in [3.63, 3.8) is 0 Å². The molecule has 0 aliphatic rings. The van der Waals surface area contributed by atoms with Crippen LogP contribution in [0.15, 0.2) is 12.1 Å². The summed E-state index contributed by atoms with van der Waals surface area (Å²) in [4.78, 5) is 20.6. The number of aldehydes is 1. The van der Waals surface area contributed by atoms with E-state index < -0.39 is 4.92 Å². The number of nitrogens with zero attached hydrogens (tertiary/aromatic N) is 2. The fourth-order valence-corrected chi connectivity index (χ4v) is 1.28. The summed E-state index contributed by atoms with van der Waals surface area (Å²) in [5.41, 5.74) is 1.24. The third-order valence-electron chi connectivity index (χ3n) is 2.15. The summed E-state index contributed by atoms with van der Waals surface area (Å²) in [5, 5.41) is 19.1. The summed E-state index contributed by atoms with van der Waals surface area (Å²) in [5.74, 6) is 0. The van der Waals surface area contributed by atoms with Gasteiger partial charge in [0.1, 0.15) is 0 Å². The monoisotopic (exact) mass is 204 g/mol. The van der Waals surface area contributed by atoms with Crippen LogP contribution < -0.4 is 0 Å². The molecule has 0 saturated heterocycles. The van der Waals surface area contributed by atoms with Crippen molar-refractivity contribution in [1.82, 2.24) is 0 Å². The summed E-state index contributed by atoms with van der Waals surface area (Å²) >= 11 is 0. The summed E-state index contributed by atoms with van der Waals surface area (Å²) in [7, 11) is 0. The van der Waals surface area contributed by atoms with E-state index in [4.69, 9.17) is 5.26 Å². The van der Waals surface area contributed by atoms with Gasteiger partial charge in [-0.3, -0.25) is 14.9 Å². The van der Waals surface area contributed by atoms with E-state index in [2.05, 4.69) is 0 Å². The number of nitro benzene ring substituents is 1. The Balaban J connectivity index is 3.39. The maximum atomic E-state index is 10.7. The molecule has 5 heteroatoms. The number of carbonyl (C=O) groups is 1. The Bertz CT molecular complexity index is 460. The average molecular weight is 204 g/mol. The van der Waals surface area contributed by atoms with Gasteiger partial charge in [-0.05, 0) is 18.1 Å². The van der Waals surface area contributed by atoms with Crippen LogP contribution in [0.2, 0.25) is 0 Å². The van der Waals surface area contributed by atoms with Crippen molar-refractivity contribution in [2.45, 2.75) is 13.3 Å². The molecule has 0 bridgehead atoms. The van der Waals surface area contributed by atoms with Crippen molar-refractivity contribution in [2.75, 3.05) is 0 Å². The van der Waals surface area contributed by atoms with Gasteiger partial charge < -0.3 is 0 Å². The average Bonchev–Trinajstić information content (AvgIpc) is 2.21. The van der Waals surface area contributed by atoms with Gasteiger partial charge in [0.15, 0.2) is 6.29 Å².